The maximum atomic E-state index is 11.1. The van der Waals surface area contributed by atoms with E-state index in [2.05, 4.69) is 19.2 Å². The predicted octanol–water partition coefficient (Wildman–Crippen LogP) is 3.14. The van der Waals surface area contributed by atoms with Gasteiger partial charge in [-0.1, -0.05) is 32.6 Å². The van der Waals surface area contributed by atoms with E-state index in [9.17, 15) is 4.79 Å². The monoisotopic (exact) mass is 263 g/mol. The van der Waals surface area contributed by atoms with Gasteiger partial charge in [-0.05, 0) is 31.5 Å². The van der Waals surface area contributed by atoms with Crippen molar-refractivity contribution in [2.24, 2.45) is 5.73 Å². The van der Waals surface area contributed by atoms with Crippen molar-refractivity contribution in [3.63, 3.8) is 0 Å². The average molecular weight is 263 g/mol. The summed E-state index contributed by atoms with van der Waals surface area (Å²) in [5, 5.41) is 3.35. The van der Waals surface area contributed by atoms with Crippen LogP contribution >= 0.6 is 0 Å². The summed E-state index contributed by atoms with van der Waals surface area (Å²) in [6.45, 7) is 4.33. The van der Waals surface area contributed by atoms with Gasteiger partial charge in [0.15, 0.2) is 0 Å². The van der Waals surface area contributed by atoms with Crippen LogP contribution in [-0.2, 0) is 0 Å². The van der Waals surface area contributed by atoms with Crippen LogP contribution in [0.1, 0.15) is 56.3 Å². The highest BCUT2D eigenvalue weighted by molar-refractivity contribution is 5.94. The van der Waals surface area contributed by atoms with E-state index in [-0.39, 0.29) is 0 Å². The first-order chi connectivity index (χ1) is 9.04. The summed E-state index contributed by atoms with van der Waals surface area (Å²) in [5.74, 6) is -0.432. The fourth-order valence-electron chi connectivity index (χ4n) is 2.05. The third-order valence-electron chi connectivity index (χ3n) is 3.23. The standard InChI is InChI=1S/C15H25N3O/c1-3-4-5-6-7-11(2)18-14-10-12(15(17)19)8-9-13(14)16/h8-11,18H,3-7,16H2,1-2H3,(H2,17,19). The van der Waals surface area contributed by atoms with Crippen molar-refractivity contribution in [1.82, 2.24) is 0 Å². The molecule has 5 N–H and O–H groups in total. The van der Waals surface area contributed by atoms with Crippen LogP contribution in [0.4, 0.5) is 11.4 Å². The summed E-state index contributed by atoms with van der Waals surface area (Å²) < 4.78 is 0. The van der Waals surface area contributed by atoms with Gasteiger partial charge < -0.3 is 16.8 Å². The summed E-state index contributed by atoms with van der Waals surface area (Å²) in [4.78, 5) is 11.1. The van der Waals surface area contributed by atoms with Crippen LogP contribution in [0, 0.1) is 0 Å². The van der Waals surface area contributed by atoms with Crippen LogP contribution < -0.4 is 16.8 Å². The van der Waals surface area contributed by atoms with E-state index in [0.29, 0.717) is 17.3 Å². The molecule has 0 spiro atoms. The number of nitrogen functional groups attached to an aromatic ring is 1. The zero-order valence-corrected chi connectivity index (χ0v) is 11.9. The number of hydrogen-bond donors (Lipinski definition) is 3. The molecule has 19 heavy (non-hydrogen) atoms. The highest BCUT2D eigenvalue weighted by atomic mass is 16.1. The van der Waals surface area contributed by atoms with E-state index < -0.39 is 5.91 Å². The van der Waals surface area contributed by atoms with Gasteiger partial charge in [0.25, 0.3) is 0 Å². The molecule has 0 radical (unpaired) electrons. The molecule has 4 nitrogen and oxygen atoms in total. The number of amides is 1. The zero-order valence-electron chi connectivity index (χ0n) is 11.9. The molecule has 0 aliphatic rings. The van der Waals surface area contributed by atoms with Gasteiger partial charge in [0.05, 0.1) is 11.4 Å². The molecule has 0 heterocycles. The van der Waals surface area contributed by atoms with Gasteiger partial charge in [-0.3, -0.25) is 4.79 Å². The van der Waals surface area contributed by atoms with Crippen molar-refractivity contribution in [2.45, 2.75) is 52.0 Å². The smallest absolute Gasteiger partial charge is 0.248 e. The minimum Gasteiger partial charge on any atom is -0.397 e. The van der Waals surface area contributed by atoms with Crippen molar-refractivity contribution in [1.29, 1.82) is 0 Å². The lowest BCUT2D eigenvalue weighted by Crippen LogP contribution is -2.17. The molecule has 0 aromatic heterocycles. The van der Waals surface area contributed by atoms with E-state index in [0.717, 1.165) is 12.1 Å². The number of hydrogen-bond acceptors (Lipinski definition) is 3. The van der Waals surface area contributed by atoms with Gasteiger partial charge >= 0.3 is 0 Å². The van der Waals surface area contributed by atoms with E-state index in [1.165, 1.54) is 25.7 Å². The maximum absolute atomic E-state index is 11.1. The minimum absolute atomic E-state index is 0.335. The van der Waals surface area contributed by atoms with Gasteiger partial charge in [0.2, 0.25) is 5.91 Å². The second kappa shape index (κ2) is 7.67. The lowest BCUT2D eigenvalue weighted by molar-refractivity contribution is 0.100. The number of unbranched alkanes of at least 4 members (excludes halogenated alkanes) is 3. The summed E-state index contributed by atoms with van der Waals surface area (Å²) in [6.07, 6.45) is 6.10. The molecule has 0 aliphatic carbocycles. The van der Waals surface area contributed by atoms with Crippen LogP contribution in [0.25, 0.3) is 0 Å². The summed E-state index contributed by atoms with van der Waals surface area (Å²) in [7, 11) is 0. The highest BCUT2D eigenvalue weighted by Gasteiger charge is 2.08. The van der Waals surface area contributed by atoms with E-state index in [1.54, 1.807) is 18.2 Å². The number of carbonyl (C=O) groups is 1. The molecule has 1 rings (SSSR count). The van der Waals surface area contributed by atoms with Gasteiger partial charge in [0, 0.05) is 11.6 Å². The Morgan fingerprint density at radius 3 is 2.68 bits per heavy atom. The summed E-state index contributed by atoms with van der Waals surface area (Å²) >= 11 is 0. The molecule has 0 fully saturated rings. The molecule has 1 aromatic rings. The van der Waals surface area contributed by atoms with Crippen LogP contribution in [0.2, 0.25) is 0 Å². The molecule has 106 valence electrons. The Morgan fingerprint density at radius 1 is 1.32 bits per heavy atom. The van der Waals surface area contributed by atoms with Crippen molar-refractivity contribution in [3.8, 4) is 0 Å². The second-order valence-electron chi connectivity index (χ2n) is 5.06. The van der Waals surface area contributed by atoms with Crippen molar-refractivity contribution in [2.75, 3.05) is 11.1 Å². The largest absolute Gasteiger partial charge is 0.397 e. The molecule has 0 saturated heterocycles. The Balaban J connectivity index is 2.55. The van der Waals surface area contributed by atoms with Gasteiger partial charge in [-0.25, -0.2) is 0 Å². The molecule has 0 saturated carbocycles. The average Bonchev–Trinajstić information content (AvgIpc) is 2.37. The first-order valence-electron chi connectivity index (χ1n) is 7.00. The van der Waals surface area contributed by atoms with Crippen molar-refractivity contribution < 1.29 is 4.79 Å². The fourth-order valence-corrected chi connectivity index (χ4v) is 2.05. The zero-order chi connectivity index (χ0) is 14.3. The molecule has 1 unspecified atom stereocenters. The van der Waals surface area contributed by atoms with Crippen LogP contribution in [0.15, 0.2) is 18.2 Å². The Kier molecular flexibility index (Phi) is 6.19. The molecule has 1 amide bonds. The number of nitrogens with two attached hydrogens (primary N) is 2. The van der Waals surface area contributed by atoms with E-state index >= 15 is 0 Å². The Morgan fingerprint density at radius 2 is 2.05 bits per heavy atom. The number of carbonyl (C=O) groups excluding carboxylic acids is 1. The van der Waals surface area contributed by atoms with Crippen molar-refractivity contribution >= 4 is 17.3 Å². The quantitative estimate of drug-likeness (QED) is 0.498. The van der Waals surface area contributed by atoms with Gasteiger partial charge in [-0.15, -0.1) is 0 Å². The molecular weight excluding hydrogens is 238 g/mol. The maximum Gasteiger partial charge on any atom is 0.248 e. The third kappa shape index (κ3) is 5.20. The Hall–Kier alpha value is -1.71. The number of anilines is 2. The first kappa shape index (κ1) is 15.3. The second-order valence-corrected chi connectivity index (χ2v) is 5.06. The third-order valence-corrected chi connectivity index (χ3v) is 3.23. The highest BCUT2D eigenvalue weighted by Crippen LogP contribution is 2.21. The lowest BCUT2D eigenvalue weighted by atomic mass is 10.1. The molecule has 1 atom stereocenters. The summed E-state index contributed by atoms with van der Waals surface area (Å²) in [6, 6.07) is 5.42. The Labute approximate surface area is 115 Å². The Bertz CT molecular complexity index is 418. The van der Waals surface area contributed by atoms with E-state index in [4.69, 9.17) is 11.5 Å². The topological polar surface area (TPSA) is 81.1 Å². The number of nitrogens with one attached hydrogen (secondary N) is 1. The number of benzene rings is 1. The first-order valence-corrected chi connectivity index (χ1v) is 7.00. The molecule has 0 bridgehead atoms. The molecule has 4 heteroatoms. The number of primary amides is 1. The molecule has 0 aliphatic heterocycles. The fraction of sp³-hybridized carbons (Fsp3) is 0.533. The molecular formula is C15H25N3O. The lowest BCUT2D eigenvalue weighted by Gasteiger charge is -2.17. The number of rotatable bonds is 8. The predicted molar refractivity (Wildman–Crippen MR) is 81.2 cm³/mol. The van der Waals surface area contributed by atoms with Crippen LogP contribution in [0.3, 0.4) is 0 Å². The summed E-state index contributed by atoms with van der Waals surface area (Å²) in [5.41, 5.74) is 13.1. The van der Waals surface area contributed by atoms with Crippen LogP contribution in [0.5, 0.6) is 0 Å². The SMILES string of the molecule is CCCCCCC(C)Nc1cc(C(N)=O)ccc1N. The minimum atomic E-state index is -0.432. The van der Waals surface area contributed by atoms with Gasteiger partial charge in [0.1, 0.15) is 0 Å². The van der Waals surface area contributed by atoms with Crippen LogP contribution in [-0.4, -0.2) is 11.9 Å². The van der Waals surface area contributed by atoms with Crippen molar-refractivity contribution in [3.05, 3.63) is 23.8 Å². The van der Waals surface area contributed by atoms with E-state index in [1.807, 2.05) is 0 Å². The van der Waals surface area contributed by atoms with Gasteiger partial charge in [-0.2, -0.15) is 0 Å². The normalized spacial score (nSPS) is 12.1. The molecule has 1 aromatic carbocycles.